The molecule has 2 N–H and O–H groups in total. The molecule has 1 aromatic carbocycles. The lowest BCUT2D eigenvalue weighted by atomic mass is 10.2. The van der Waals surface area contributed by atoms with Gasteiger partial charge in [0.1, 0.15) is 15.9 Å². The van der Waals surface area contributed by atoms with Crippen LogP contribution in [0.15, 0.2) is 24.3 Å². The minimum absolute atomic E-state index is 0.181. The number of halogens is 1. The summed E-state index contributed by atoms with van der Waals surface area (Å²) in [6.07, 6.45) is 1.41. The van der Waals surface area contributed by atoms with E-state index in [9.17, 15) is 9.59 Å². The lowest BCUT2D eigenvalue weighted by molar-refractivity contribution is -0.121. The van der Waals surface area contributed by atoms with E-state index in [1.807, 2.05) is 18.2 Å². The van der Waals surface area contributed by atoms with Gasteiger partial charge in [-0.15, -0.1) is 11.3 Å². The Bertz CT molecular complexity index is 774. The molecule has 0 bridgehead atoms. The summed E-state index contributed by atoms with van der Waals surface area (Å²) < 4.78 is 0. The second-order valence-corrected chi connectivity index (χ2v) is 6.88. The zero-order valence-electron chi connectivity index (χ0n) is 12.6. The smallest absolute Gasteiger partial charge is 0.266 e. The quantitative estimate of drug-likeness (QED) is 0.925. The average molecular weight is 350 g/mol. The van der Waals surface area contributed by atoms with Gasteiger partial charge in [0.05, 0.1) is 10.7 Å². The van der Waals surface area contributed by atoms with Crippen LogP contribution in [0.25, 0.3) is 10.6 Å². The maximum Gasteiger partial charge on any atom is 0.266 e. The van der Waals surface area contributed by atoms with E-state index in [1.54, 1.807) is 17.9 Å². The highest BCUT2D eigenvalue weighted by Crippen LogP contribution is 2.34. The van der Waals surface area contributed by atoms with Gasteiger partial charge in [-0.05, 0) is 25.8 Å². The molecule has 1 fully saturated rings. The molecule has 0 aliphatic carbocycles. The van der Waals surface area contributed by atoms with Crippen molar-refractivity contribution in [1.82, 2.24) is 9.88 Å². The molecule has 0 spiro atoms. The summed E-state index contributed by atoms with van der Waals surface area (Å²) in [5.41, 5.74) is 6.84. The summed E-state index contributed by atoms with van der Waals surface area (Å²) in [7, 11) is 0. The van der Waals surface area contributed by atoms with Crippen molar-refractivity contribution < 1.29 is 9.59 Å². The monoisotopic (exact) mass is 349 g/mol. The highest BCUT2D eigenvalue weighted by atomic mass is 35.5. The first-order chi connectivity index (χ1) is 11.0. The predicted molar refractivity (Wildman–Crippen MR) is 90.5 cm³/mol. The van der Waals surface area contributed by atoms with Crippen molar-refractivity contribution >= 4 is 34.8 Å². The van der Waals surface area contributed by atoms with Gasteiger partial charge in [-0.3, -0.25) is 9.59 Å². The highest BCUT2D eigenvalue weighted by Gasteiger charge is 2.34. The second kappa shape index (κ2) is 6.29. The second-order valence-electron chi connectivity index (χ2n) is 5.47. The number of nitrogens with zero attached hydrogens (tertiary/aromatic N) is 2. The van der Waals surface area contributed by atoms with E-state index in [2.05, 4.69) is 4.98 Å². The molecule has 120 valence electrons. The van der Waals surface area contributed by atoms with E-state index in [4.69, 9.17) is 17.3 Å². The number of aromatic nitrogens is 1. The number of benzene rings is 1. The number of amides is 2. The zero-order chi connectivity index (χ0) is 16.6. The van der Waals surface area contributed by atoms with Crippen molar-refractivity contribution in [1.29, 1.82) is 0 Å². The fraction of sp³-hybridized carbons (Fsp3) is 0.312. The molecule has 1 atom stereocenters. The molecule has 3 rings (SSSR count). The first-order valence-electron chi connectivity index (χ1n) is 7.31. The number of nitrogens with two attached hydrogens (primary N) is 1. The van der Waals surface area contributed by atoms with Crippen LogP contribution in [0.4, 0.5) is 0 Å². The third-order valence-electron chi connectivity index (χ3n) is 3.94. The van der Waals surface area contributed by atoms with E-state index < -0.39 is 11.9 Å². The average Bonchev–Trinajstić information content (AvgIpc) is 3.14. The highest BCUT2D eigenvalue weighted by molar-refractivity contribution is 7.17. The van der Waals surface area contributed by atoms with Gasteiger partial charge in [-0.2, -0.15) is 0 Å². The molecule has 2 amide bonds. The number of thiazole rings is 1. The zero-order valence-corrected chi connectivity index (χ0v) is 14.2. The Kier molecular flexibility index (Phi) is 4.37. The summed E-state index contributed by atoms with van der Waals surface area (Å²) in [6.45, 7) is 2.34. The minimum Gasteiger partial charge on any atom is -0.368 e. The maximum atomic E-state index is 12.8. The Hall–Kier alpha value is -1.92. The van der Waals surface area contributed by atoms with Crippen molar-refractivity contribution in [2.45, 2.75) is 25.8 Å². The summed E-state index contributed by atoms with van der Waals surface area (Å²) >= 11 is 7.50. The standard InChI is InChI=1S/C16H16ClN3O2S/c1-9-13(16(22)20-8-4-7-12(20)14(18)21)23-15(19-9)10-5-2-3-6-11(10)17/h2-3,5-6,12H,4,7-8H2,1H3,(H2,18,21)/t12-/m0/s1. The number of primary amides is 1. The topological polar surface area (TPSA) is 76.3 Å². The third kappa shape index (κ3) is 2.96. The Labute approximate surface area is 143 Å². The molecule has 1 aliphatic heterocycles. The van der Waals surface area contributed by atoms with Crippen LogP contribution in [0, 0.1) is 6.92 Å². The first kappa shape index (κ1) is 16.0. The van der Waals surface area contributed by atoms with Crippen LogP contribution < -0.4 is 5.73 Å². The Balaban J connectivity index is 1.94. The minimum atomic E-state index is -0.521. The van der Waals surface area contributed by atoms with E-state index in [-0.39, 0.29) is 5.91 Å². The fourth-order valence-corrected chi connectivity index (χ4v) is 4.12. The van der Waals surface area contributed by atoms with Crippen LogP contribution in [-0.4, -0.2) is 34.3 Å². The Morgan fingerprint density at radius 3 is 2.83 bits per heavy atom. The molecule has 2 aromatic rings. The molecular formula is C16H16ClN3O2S. The summed E-state index contributed by atoms with van der Waals surface area (Å²) in [5, 5.41) is 1.29. The molecular weight excluding hydrogens is 334 g/mol. The number of hydrogen-bond donors (Lipinski definition) is 1. The van der Waals surface area contributed by atoms with Crippen LogP contribution in [0.1, 0.15) is 28.2 Å². The third-order valence-corrected chi connectivity index (χ3v) is 5.45. The lowest BCUT2D eigenvalue weighted by Crippen LogP contribution is -2.43. The van der Waals surface area contributed by atoms with Crippen LogP contribution in [0.3, 0.4) is 0 Å². The van der Waals surface area contributed by atoms with Gasteiger partial charge >= 0.3 is 0 Å². The van der Waals surface area contributed by atoms with Crippen LogP contribution in [-0.2, 0) is 4.79 Å². The molecule has 7 heteroatoms. The molecule has 1 saturated heterocycles. The molecule has 1 aromatic heterocycles. The van der Waals surface area contributed by atoms with Crippen molar-refractivity contribution in [3.05, 3.63) is 39.9 Å². The van der Waals surface area contributed by atoms with Crippen LogP contribution in [0.5, 0.6) is 0 Å². The number of likely N-dealkylation sites (tertiary alicyclic amines) is 1. The predicted octanol–water partition coefficient (Wildman–Crippen LogP) is 2.86. The number of hydrogen-bond acceptors (Lipinski definition) is 4. The van der Waals surface area contributed by atoms with Gasteiger partial charge in [0.2, 0.25) is 5.91 Å². The molecule has 0 radical (unpaired) electrons. The fourth-order valence-electron chi connectivity index (χ4n) is 2.78. The van der Waals surface area contributed by atoms with Gasteiger partial charge in [-0.25, -0.2) is 4.98 Å². The lowest BCUT2D eigenvalue weighted by Gasteiger charge is -2.21. The van der Waals surface area contributed by atoms with E-state index >= 15 is 0 Å². The molecule has 2 heterocycles. The van der Waals surface area contributed by atoms with E-state index in [1.165, 1.54) is 11.3 Å². The first-order valence-corrected chi connectivity index (χ1v) is 8.51. The van der Waals surface area contributed by atoms with Crippen LogP contribution >= 0.6 is 22.9 Å². The van der Waals surface area contributed by atoms with Gasteiger partial charge in [0, 0.05) is 12.1 Å². The molecule has 0 unspecified atom stereocenters. The normalized spacial score (nSPS) is 17.5. The van der Waals surface area contributed by atoms with E-state index in [0.717, 1.165) is 12.0 Å². The number of carbonyl (C=O) groups excluding carboxylic acids is 2. The van der Waals surface area contributed by atoms with Crippen molar-refractivity contribution in [3.8, 4) is 10.6 Å². The summed E-state index contributed by atoms with van der Waals surface area (Å²) in [6, 6.07) is 6.87. The molecule has 0 saturated carbocycles. The van der Waals surface area contributed by atoms with Crippen molar-refractivity contribution in [2.24, 2.45) is 5.73 Å². The molecule has 1 aliphatic rings. The van der Waals surface area contributed by atoms with Gasteiger partial charge < -0.3 is 10.6 Å². The van der Waals surface area contributed by atoms with Crippen molar-refractivity contribution in [3.63, 3.8) is 0 Å². The summed E-state index contributed by atoms with van der Waals surface area (Å²) in [5.74, 6) is -0.635. The van der Waals surface area contributed by atoms with Gasteiger partial charge in [0.15, 0.2) is 0 Å². The SMILES string of the molecule is Cc1nc(-c2ccccc2Cl)sc1C(=O)N1CCC[C@H]1C(N)=O. The van der Waals surface area contributed by atoms with Crippen molar-refractivity contribution in [2.75, 3.05) is 6.54 Å². The van der Waals surface area contributed by atoms with Gasteiger partial charge in [-0.1, -0.05) is 29.8 Å². The molecule has 23 heavy (non-hydrogen) atoms. The van der Waals surface area contributed by atoms with Gasteiger partial charge in [0.25, 0.3) is 5.91 Å². The van der Waals surface area contributed by atoms with E-state index in [0.29, 0.717) is 33.6 Å². The number of rotatable bonds is 3. The van der Waals surface area contributed by atoms with Crippen LogP contribution in [0.2, 0.25) is 5.02 Å². The largest absolute Gasteiger partial charge is 0.368 e. The number of carbonyl (C=O) groups is 2. The summed E-state index contributed by atoms with van der Waals surface area (Å²) in [4.78, 5) is 30.8. The molecule has 5 nitrogen and oxygen atoms in total. The Morgan fingerprint density at radius 2 is 2.13 bits per heavy atom. The Morgan fingerprint density at radius 1 is 1.39 bits per heavy atom. The number of aryl methyl sites for hydroxylation is 1. The maximum absolute atomic E-state index is 12.8.